The Morgan fingerprint density at radius 3 is 2.56 bits per heavy atom. The maximum absolute atomic E-state index is 12.6. The van der Waals surface area contributed by atoms with Gasteiger partial charge in [-0.2, -0.15) is 0 Å². The van der Waals surface area contributed by atoms with E-state index in [0.717, 1.165) is 17.8 Å². The second-order valence-corrected chi connectivity index (χ2v) is 6.63. The van der Waals surface area contributed by atoms with Gasteiger partial charge in [-0.3, -0.25) is 9.59 Å². The number of amides is 2. The Kier molecular flexibility index (Phi) is 5.17. The molecule has 0 aliphatic carbocycles. The minimum absolute atomic E-state index is 0.0176. The van der Waals surface area contributed by atoms with Gasteiger partial charge in [0.2, 0.25) is 11.8 Å². The number of hydrogen-bond acceptors (Lipinski definition) is 2. The number of anilines is 2. The predicted octanol–water partition coefficient (Wildman–Crippen LogP) is 4.19. The van der Waals surface area contributed by atoms with Crippen LogP contribution in [0.2, 0.25) is 0 Å². The summed E-state index contributed by atoms with van der Waals surface area (Å²) in [5, 5.41) is 2.91. The summed E-state index contributed by atoms with van der Waals surface area (Å²) in [4.78, 5) is 26.8. The minimum atomic E-state index is -0.322. The van der Waals surface area contributed by atoms with Gasteiger partial charge in [0, 0.05) is 24.3 Å². The van der Waals surface area contributed by atoms with Crippen molar-refractivity contribution in [3.05, 3.63) is 60.2 Å². The Balaban J connectivity index is 1.76. The van der Waals surface area contributed by atoms with Crippen LogP contribution in [0.5, 0.6) is 0 Å². The normalized spacial score (nSPS) is 18.2. The molecule has 0 radical (unpaired) electrons. The van der Waals surface area contributed by atoms with Crippen LogP contribution < -0.4 is 10.2 Å². The van der Waals surface area contributed by atoms with Crippen molar-refractivity contribution < 1.29 is 9.59 Å². The number of hydrogen-bond donors (Lipinski definition) is 1. The first-order valence-corrected chi connectivity index (χ1v) is 8.85. The zero-order chi connectivity index (χ0) is 17.8. The highest BCUT2D eigenvalue weighted by atomic mass is 16.2. The molecule has 1 heterocycles. The first-order chi connectivity index (χ1) is 12.1. The van der Waals surface area contributed by atoms with Crippen molar-refractivity contribution in [3.8, 4) is 0 Å². The van der Waals surface area contributed by atoms with Crippen LogP contribution in [-0.2, 0) is 9.59 Å². The Bertz CT molecular complexity index is 758. The van der Waals surface area contributed by atoms with Crippen LogP contribution in [0.4, 0.5) is 11.4 Å². The standard InChI is InChI=1S/C21H24N2O2/c1-3-15(2)18-11-7-8-12-19(18)23-14-16(13-20(23)24)21(25)22-17-9-5-4-6-10-17/h4-12,15-16H,3,13-14H2,1-2H3,(H,22,25)/t15-,16-/m1/s1. The Morgan fingerprint density at radius 1 is 1.16 bits per heavy atom. The molecule has 0 aromatic heterocycles. The molecule has 4 nitrogen and oxygen atoms in total. The largest absolute Gasteiger partial charge is 0.326 e. The molecule has 1 aliphatic heterocycles. The van der Waals surface area contributed by atoms with E-state index in [1.165, 1.54) is 5.56 Å². The second-order valence-electron chi connectivity index (χ2n) is 6.63. The van der Waals surface area contributed by atoms with Gasteiger partial charge >= 0.3 is 0 Å². The highest BCUT2D eigenvalue weighted by molar-refractivity contribution is 6.03. The molecule has 2 aromatic rings. The van der Waals surface area contributed by atoms with Crippen LogP contribution in [0, 0.1) is 5.92 Å². The Hall–Kier alpha value is -2.62. The Labute approximate surface area is 148 Å². The molecule has 1 aliphatic rings. The van der Waals surface area contributed by atoms with E-state index in [9.17, 15) is 9.59 Å². The average Bonchev–Trinajstić information content (AvgIpc) is 3.03. The molecule has 2 amide bonds. The molecule has 0 saturated carbocycles. The van der Waals surface area contributed by atoms with Crippen molar-refractivity contribution in [1.29, 1.82) is 0 Å². The van der Waals surface area contributed by atoms with Crippen molar-refractivity contribution in [2.75, 3.05) is 16.8 Å². The molecule has 1 N–H and O–H groups in total. The van der Waals surface area contributed by atoms with Crippen LogP contribution in [0.15, 0.2) is 54.6 Å². The van der Waals surface area contributed by atoms with Crippen molar-refractivity contribution in [2.24, 2.45) is 5.92 Å². The van der Waals surface area contributed by atoms with Gasteiger partial charge in [-0.1, -0.05) is 50.2 Å². The maximum atomic E-state index is 12.6. The van der Waals surface area contributed by atoms with Crippen molar-refractivity contribution in [1.82, 2.24) is 0 Å². The van der Waals surface area contributed by atoms with Gasteiger partial charge in [-0.15, -0.1) is 0 Å². The van der Waals surface area contributed by atoms with Crippen LogP contribution in [0.25, 0.3) is 0 Å². The molecular weight excluding hydrogens is 312 g/mol. The SMILES string of the molecule is CC[C@@H](C)c1ccccc1N1C[C@H](C(=O)Nc2ccccc2)CC1=O. The van der Waals surface area contributed by atoms with Crippen LogP contribution in [0.1, 0.15) is 38.2 Å². The molecule has 2 atom stereocenters. The first kappa shape index (κ1) is 17.2. The molecule has 0 bridgehead atoms. The molecule has 2 aromatic carbocycles. The van der Waals surface area contributed by atoms with Crippen molar-refractivity contribution >= 4 is 23.2 Å². The van der Waals surface area contributed by atoms with Gasteiger partial charge < -0.3 is 10.2 Å². The highest BCUT2D eigenvalue weighted by Crippen LogP contribution is 2.33. The zero-order valence-electron chi connectivity index (χ0n) is 14.7. The lowest BCUT2D eigenvalue weighted by atomic mass is 9.96. The molecule has 4 heteroatoms. The van der Waals surface area contributed by atoms with Crippen LogP contribution >= 0.6 is 0 Å². The fraction of sp³-hybridized carbons (Fsp3) is 0.333. The highest BCUT2D eigenvalue weighted by Gasteiger charge is 2.36. The van der Waals surface area contributed by atoms with Gasteiger partial charge in [0.05, 0.1) is 5.92 Å². The number of nitrogens with zero attached hydrogens (tertiary/aromatic N) is 1. The number of benzene rings is 2. The fourth-order valence-corrected chi connectivity index (χ4v) is 3.25. The van der Waals surface area contributed by atoms with E-state index in [-0.39, 0.29) is 24.2 Å². The lowest BCUT2D eigenvalue weighted by Crippen LogP contribution is -2.29. The molecule has 25 heavy (non-hydrogen) atoms. The zero-order valence-corrected chi connectivity index (χ0v) is 14.7. The van der Waals surface area contributed by atoms with E-state index < -0.39 is 0 Å². The number of para-hydroxylation sites is 2. The summed E-state index contributed by atoms with van der Waals surface area (Å²) in [6.07, 6.45) is 1.27. The number of carbonyl (C=O) groups is 2. The third-order valence-corrected chi connectivity index (χ3v) is 4.91. The lowest BCUT2D eigenvalue weighted by Gasteiger charge is -2.23. The topological polar surface area (TPSA) is 49.4 Å². The predicted molar refractivity (Wildman–Crippen MR) is 101 cm³/mol. The first-order valence-electron chi connectivity index (χ1n) is 8.85. The van der Waals surface area contributed by atoms with Gasteiger partial charge in [0.25, 0.3) is 0 Å². The number of carbonyl (C=O) groups excluding carboxylic acids is 2. The maximum Gasteiger partial charge on any atom is 0.229 e. The molecule has 0 unspecified atom stereocenters. The van der Waals surface area contributed by atoms with E-state index in [1.54, 1.807) is 4.90 Å². The molecule has 3 rings (SSSR count). The third kappa shape index (κ3) is 3.73. The van der Waals surface area contributed by atoms with Crippen LogP contribution in [-0.4, -0.2) is 18.4 Å². The van der Waals surface area contributed by atoms with Gasteiger partial charge in [-0.25, -0.2) is 0 Å². The van der Waals surface area contributed by atoms with Crippen molar-refractivity contribution in [3.63, 3.8) is 0 Å². The Morgan fingerprint density at radius 2 is 1.84 bits per heavy atom. The van der Waals surface area contributed by atoms with E-state index in [1.807, 2.05) is 48.5 Å². The van der Waals surface area contributed by atoms with Gasteiger partial charge in [-0.05, 0) is 36.1 Å². The molecule has 1 saturated heterocycles. The third-order valence-electron chi connectivity index (χ3n) is 4.91. The van der Waals surface area contributed by atoms with E-state index in [4.69, 9.17) is 0 Å². The molecule has 130 valence electrons. The summed E-state index contributed by atoms with van der Waals surface area (Å²) < 4.78 is 0. The average molecular weight is 336 g/mol. The number of rotatable bonds is 5. The summed E-state index contributed by atoms with van der Waals surface area (Å²) in [6, 6.07) is 17.4. The summed E-state index contributed by atoms with van der Waals surface area (Å²) in [5.74, 6) is -0.0223. The van der Waals surface area contributed by atoms with E-state index in [0.29, 0.717) is 12.5 Å². The summed E-state index contributed by atoms with van der Waals surface area (Å²) in [7, 11) is 0. The smallest absolute Gasteiger partial charge is 0.229 e. The lowest BCUT2D eigenvalue weighted by molar-refractivity contribution is -0.122. The molecule has 1 fully saturated rings. The summed E-state index contributed by atoms with van der Waals surface area (Å²) in [5.41, 5.74) is 2.87. The van der Waals surface area contributed by atoms with Gasteiger partial charge in [0.1, 0.15) is 0 Å². The molecular formula is C21H24N2O2. The molecule has 0 spiro atoms. The van der Waals surface area contributed by atoms with E-state index >= 15 is 0 Å². The quantitative estimate of drug-likeness (QED) is 0.890. The summed E-state index contributed by atoms with van der Waals surface area (Å²) >= 11 is 0. The number of nitrogens with one attached hydrogen (secondary N) is 1. The van der Waals surface area contributed by atoms with Gasteiger partial charge in [0.15, 0.2) is 0 Å². The van der Waals surface area contributed by atoms with E-state index in [2.05, 4.69) is 25.2 Å². The van der Waals surface area contributed by atoms with Crippen molar-refractivity contribution in [2.45, 2.75) is 32.6 Å². The monoisotopic (exact) mass is 336 g/mol. The second kappa shape index (κ2) is 7.51. The fourth-order valence-electron chi connectivity index (χ4n) is 3.25. The van der Waals surface area contributed by atoms with Crippen LogP contribution in [0.3, 0.4) is 0 Å². The minimum Gasteiger partial charge on any atom is -0.326 e. The summed E-state index contributed by atoms with van der Waals surface area (Å²) in [6.45, 7) is 4.74.